The predicted octanol–water partition coefficient (Wildman–Crippen LogP) is 13.2. The second kappa shape index (κ2) is 12.9. The van der Waals surface area contributed by atoms with Crippen LogP contribution in [0.3, 0.4) is 0 Å². The molecule has 5 aromatic rings. The number of benzene rings is 4. The zero-order valence-electron chi connectivity index (χ0n) is 29.1. The number of hydrogen-bond donors (Lipinski definition) is 0. The number of fused-ring (bicyclic) bond motifs is 6. The van der Waals surface area contributed by atoms with Crippen molar-refractivity contribution in [2.24, 2.45) is 17.8 Å². The third kappa shape index (κ3) is 5.64. The van der Waals surface area contributed by atoms with E-state index in [-0.39, 0.29) is 0 Å². The Labute approximate surface area is 302 Å². The standard InChI is InChI=1S/C50H44O/c1-4-12-33(13-5-1)36-20-21-38-27-39(23-22-37(38)26-36)42-28-41(35-16-8-3-9-17-35)29-43(30-42)47-32-49-50(45-19-11-10-18-44(45)47)46-25-24-40(31-48(46)51-49)34-14-6-2-7-15-34/h1-2,4-8,10-25,27,31-32,36,41-45H,3,9,26,28-30H2. The quantitative estimate of drug-likeness (QED) is 0.183. The Morgan fingerprint density at radius 2 is 1.41 bits per heavy atom. The van der Waals surface area contributed by atoms with E-state index in [9.17, 15) is 0 Å². The highest BCUT2D eigenvalue weighted by atomic mass is 16.3. The zero-order valence-corrected chi connectivity index (χ0v) is 29.1. The highest BCUT2D eigenvalue weighted by Crippen LogP contribution is 2.54. The van der Waals surface area contributed by atoms with E-state index in [0.717, 1.165) is 30.6 Å². The van der Waals surface area contributed by atoms with Crippen LogP contribution in [0.1, 0.15) is 83.4 Å². The largest absolute Gasteiger partial charge is 0.456 e. The lowest BCUT2D eigenvalue weighted by atomic mass is 9.62. The molecule has 51 heavy (non-hydrogen) atoms. The van der Waals surface area contributed by atoms with Gasteiger partial charge in [-0.1, -0.05) is 151 Å². The Bertz CT molecular complexity index is 2290. The first kappa shape index (κ1) is 30.7. The van der Waals surface area contributed by atoms with Crippen LogP contribution in [-0.2, 0) is 6.42 Å². The van der Waals surface area contributed by atoms with Crippen molar-refractivity contribution in [1.29, 1.82) is 0 Å². The molecule has 0 spiro atoms. The van der Waals surface area contributed by atoms with Gasteiger partial charge in [0, 0.05) is 28.7 Å². The monoisotopic (exact) mass is 660 g/mol. The van der Waals surface area contributed by atoms with Gasteiger partial charge in [-0.3, -0.25) is 0 Å². The molecule has 0 aliphatic heterocycles. The molecule has 6 atom stereocenters. The highest BCUT2D eigenvalue weighted by Gasteiger charge is 2.40. The summed E-state index contributed by atoms with van der Waals surface area (Å²) in [6.45, 7) is 0. The van der Waals surface area contributed by atoms with Gasteiger partial charge in [0.05, 0.1) is 0 Å². The SMILES string of the molecule is C1=CC2C(C3CC(C4=CCCC=C4)CC(c4ccc5c(c4)C=CC(c4ccccc4)C5)C3)=Cc3oc4cc(-c5ccccc5)ccc4c3C2C=C1. The maximum atomic E-state index is 6.82. The summed E-state index contributed by atoms with van der Waals surface area (Å²) in [7, 11) is 0. The first-order valence-corrected chi connectivity index (χ1v) is 19.2. The Balaban J connectivity index is 1.01. The Hall–Kier alpha value is -5.14. The van der Waals surface area contributed by atoms with Gasteiger partial charge >= 0.3 is 0 Å². The lowest BCUT2D eigenvalue weighted by Gasteiger charge is -2.42. The van der Waals surface area contributed by atoms with Crippen LogP contribution in [0.25, 0.3) is 34.2 Å². The normalized spacial score (nSPS) is 26.3. The molecule has 1 saturated carbocycles. The number of furan rings is 1. The molecule has 4 aromatic carbocycles. The summed E-state index contributed by atoms with van der Waals surface area (Å²) in [5.41, 5.74) is 13.7. The first-order chi connectivity index (χ1) is 25.2. The maximum Gasteiger partial charge on any atom is 0.135 e. The predicted molar refractivity (Wildman–Crippen MR) is 213 cm³/mol. The second-order valence-corrected chi connectivity index (χ2v) is 15.4. The molecule has 0 bridgehead atoms. The van der Waals surface area contributed by atoms with Gasteiger partial charge in [0.2, 0.25) is 0 Å². The van der Waals surface area contributed by atoms with Crippen molar-refractivity contribution in [3.8, 4) is 11.1 Å². The summed E-state index contributed by atoms with van der Waals surface area (Å²) in [4.78, 5) is 0. The van der Waals surface area contributed by atoms with Crippen molar-refractivity contribution in [3.63, 3.8) is 0 Å². The summed E-state index contributed by atoms with van der Waals surface area (Å²) in [6.07, 6.45) is 31.1. The molecule has 1 aromatic heterocycles. The van der Waals surface area contributed by atoms with Crippen LogP contribution in [0, 0.1) is 17.8 Å². The molecule has 1 heterocycles. The van der Waals surface area contributed by atoms with Gasteiger partial charge in [-0.05, 0) is 107 Å². The third-order valence-corrected chi connectivity index (χ3v) is 12.5. The van der Waals surface area contributed by atoms with Crippen molar-refractivity contribution in [3.05, 3.63) is 190 Å². The van der Waals surface area contributed by atoms with E-state index in [4.69, 9.17) is 4.42 Å². The van der Waals surface area contributed by atoms with Crippen LogP contribution in [0.5, 0.6) is 0 Å². The molecule has 0 N–H and O–H groups in total. The first-order valence-electron chi connectivity index (χ1n) is 19.2. The Morgan fingerprint density at radius 1 is 0.608 bits per heavy atom. The summed E-state index contributed by atoms with van der Waals surface area (Å²) < 4.78 is 6.82. The van der Waals surface area contributed by atoms with Gasteiger partial charge in [-0.15, -0.1) is 0 Å². The summed E-state index contributed by atoms with van der Waals surface area (Å²) in [5.74, 6) is 3.75. The van der Waals surface area contributed by atoms with Gasteiger partial charge < -0.3 is 4.42 Å². The van der Waals surface area contributed by atoms with Crippen LogP contribution in [0.15, 0.2) is 161 Å². The molecular formula is C50H44O. The van der Waals surface area contributed by atoms with Crippen molar-refractivity contribution in [2.75, 3.05) is 0 Å². The van der Waals surface area contributed by atoms with Crippen molar-refractivity contribution in [2.45, 2.75) is 56.3 Å². The topological polar surface area (TPSA) is 13.1 Å². The van der Waals surface area contributed by atoms with E-state index < -0.39 is 0 Å². The molecule has 1 heteroatoms. The molecule has 0 amide bonds. The van der Waals surface area contributed by atoms with E-state index in [2.05, 4.69) is 158 Å². The molecule has 1 fully saturated rings. The van der Waals surface area contributed by atoms with E-state index in [1.165, 1.54) is 63.6 Å². The number of allylic oxidation sites excluding steroid dienone is 10. The van der Waals surface area contributed by atoms with E-state index in [1.807, 2.05) is 0 Å². The molecule has 0 radical (unpaired) electrons. The highest BCUT2D eigenvalue weighted by molar-refractivity contribution is 5.90. The average molecular weight is 661 g/mol. The molecule has 0 saturated heterocycles. The second-order valence-electron chi connectivity index (χ2n) is 15.4. The molecule has 1 nitrogen and oxygen atoms in total. The van der Waals surface area contributed by atoms with Crippen LogP contribution in [0.2, 0.25) is 0 Å². The molecule has 10 rings (SSSR count). The van der Waals surface area contributed by atoms with Crippen LogP contribution in [-0.4, -0.2) is 0 Å². The third-order valence-electron chi connectivity index (χ3n) is 12.5. The van der Waals surface area contributed by atoms with Crippen molar-refractivity contribution >= 4 is 23.1 Å². The van der Waals surface area contributed by atoms with Crippen LogP contribution in [0.4, 0.5) is 0 Å². The summed E-state index contributed by atoms with van der Waals surface area (Å²) in [5, 5.41) is 1.25. The summed E-state index contributed by atoms with van der Waals surface area (Å²) >= 11 is 0. The maximum absolute atomic E-state index is 6.82. The van der Waals surface area contributed by atoms with Gasteiger partial charge in [-0.25, -0.2) is 0 Å². The Kier molecular flexibility index (Phi) is 7.74. The van der Waals surface area contributed by atoms with Crippen LogP contribution < -0.4 is 0 Å². The van der Waals surface area contributed by atoms with Crippen LogP contribution >= 0.6 is 0 Å². The Morgan fingerprint density at radius 3 is 2.25 bits per heavy atom. The fourth-order valence-electron chi connectivity index (χ4n) is 9.97. The molecule has 250 valence electrons. The van der Waals surface area contributed by atoms with Crippen molar-refractivity contribution < 1.29 is 4.42 Å². The van der Waals surface area contributed by atoms with E-state index in [0.29, 0.717) is 35.5 Å². The number of hydrogen-bond acceptors (Lipinski definition) is 1. The molecule has 5 aliphatic rings. The van der Waals surface area contributed by atoms with E-state index in [1.54, 1.807) is 11.1 Å². The minimum atomic E-state index is 0.299. The lowest BCUT2D eigenvalue weighted by molar-refractivity contribution is 0.283. The minimum absolute atomic E-state index is 0.299. The lowest BCUT2D eigenvalue weighted by Crippen LogP contribution is -2.29. The van der Waals surface area contributed by atoms with Gasteiger partial charge in [0.15, 0.2) is 0 Å². The summed E-state index contributed by atoms with van der Waals surface area (Å²) in [6, 6.07) is 35.9. The van der Waals surface area contributed by atoms with Gasteiger partial charge in [0.25, 0.3) is 0 Å². The smallest absolute Gasteiger partial charge is 0.135 e. The molecular weight excluding hydrogens is 617 g/mol. The molecule has 5 aliphatic carbocycles. The van der Waals surface area contributed by atoms with Gasteiger partial charge in [-0.2, -0.15) is 0 Å². The van der Waals surface area contributed by atoms with E-state index >= 15 is 0 Å². The molecule has 6 unspecified atom stereocenters. The number of rotatable bonds is 5. The fourth-order valence-corrected chi connectivity index (χ4v) is 9.97. The zero-order chi connectivity index (χ0) is 33.7. The fraction of sp³-hybridized carbons (Fsp3) is 0.240. The minimum Gasteiger partial charge on any atom is -0.456 e. The van der Waals surface area contributed by atoms with Crippen molar-refractivity contribution in [1.82, 2.24) is 0 Å². The average Bonchev–Trinajstić information content (AvgIpc) is 3.59. The van der Waals surface area contributed by atoms with Gasteiger partial charge in [0.1, 0.15) is 11.3 Å².